The Morgan fingerprint density at radius 2 is 2.24 bits per heavy atom. The Hall–Kier alpha value is -2.09. The largest absolute Gasteiger partial charge is 0.469 e. The minimum absolute atomic E-state index is 0.0253. The van der Waals surface area contributed by atoms with Gasteiger partial charge in [0.15, 0.2) is 0 Å². The van der Waals surface area contributed by atoms with Crippen molar-refractivity contribution >= 4 is 38.6 Å². The molecule has 1 aliphatic rings. The molecule has 3 rings (SSSR count). The van der Waals surface area contributed by atoms with Gasteiger partial charge in [0.2, 0.25) is 0 Å². The maximum Gasteiger partial charge on any atom is 0.317 e. The van der Waals surface area contributed by atoms with Crippen molar-refractivity contribution in [3.8, 4) is 0 Å². The third-order valence-electron chi connectivity index (χ3n) is 3.50. The number of nitrogens with one attached hydrogen (secondary N) is 2. The molecule has 1 unspecified atom stereocenters. The van der Waals surface area contributed by atoms with Crippen LogP contribution in [-0.2, 0) is 9.53 Å². The van der Waals surface area contributed by atoms with E-state index in [9.17, 15) is 14.4 Å². The molecule has 0 fully saturated rings. The van der Waals surface area contributed by atoms with Crippen LogP contribution in [0.4, 0.5) is 5.69 Å². The highest BCUT2D eigenvalue weighted by Crippen LogP contribution is 2.31. The summed E-state index contributed by atoms with van der Waals surface area (Å²) in [6, 6.07) is 3.09. The molecule has 1 atom stereocenters. The Kier molecular flexibility index (Phi) is 3.32. The molecule has 1 aromatic carbocycles. The zero-order valence-electron chi connectivity index (χ0n) is 11.1. The van der Waals surface area contributed by atoms with Crippen LogP contribution in [0.1, 0.15) is 12.5 Å². The van der Waals surface area contributed by atoms with E-state index in [-0.39, 0.29) is 6.42 Å². The van der Waals surface area contributed by atoms with E-state index in [0.717, 1.165) is 10.2 Å². The lowest BCUT2D eigenvalue weighted by Crippen LogP contribution is -2.42. The molecule has 1 aliphatic heterocycles. The smallest absolute Gasteiger partial charge is 0.317 e. The van der Waals surface area contributed by atoms with Gasteiger partial charge in [0.1, 0.15) is 0 Å². The maximum absolute atomic E-state index is 12.2. The Bertz CT molecular complexity index is 855. The first kappa shape index (κ1) is 13.9. The van der Waals surface area contributed by atoms with E-state index in [2.05, 4.69) is 31.0 Å². The van der Waals surface area contributed by atoms with Crippen molar-refractivity contribution in [1.82, 2.24) is 9.55 Å². The minimum Gasteiger partial charge on any atom is -0.469 e. The SMILES string of the molecule is COC(=O)CC1CNc2cc(Br)cc3[nH]c(=O)c(=O)n1c23. The Labute approximate surface area is 127 Å². The van der Waals surface area contributed by atoms with Gasteiger partial charge in [-0.2, -0.15) is 0 Å². The predicted octanol–water partition coefficient (Wildman–Crippen LogP) is 0.982. The van der Waals surface area contributed by atoms with E-state index in [4.69, 9.17) is 0 Å². The number of methoxy groups -OCH3 is 1. The fourth-order valence-corrected chi connectivity index (χ4v) is 3.04. The highest BCUT2D eigenvalue weighted by molar-refractivity contribution is 9.10. The van der Waals surface area contributed by atoms with Gasteiger partial charge in [0, 0.05) is 11.0 Å². The van der Waals surface area contributed by atoms with Gasteiger partial charge in [0.05, 0.1) is 36.3 Å². The van der Waals surface area contributed by atoms with Crippen LogP contribution < -0.4 is 16.4 Å². The molecule has 8 heteroatoms. The second-order valence-electron chi connectivity index (χ2n) is 4.79. The Morgan fingerprint density at radius 1 is 1.48 bits per heavy atom. The van der Waals surface area contributed by atoms with Crippen molar-refractivity contribution in [1.29, 1.82) is 0 Å². The summed E-state index contributed by atoms with van der Waals surface area (Å²) in [6.07, 6.45) is 0.0253. The first-order valence-corrected chi connectivity index (χ1v) is 7.09. The molecule has 0 amide bonds. The lowest BCUT2D eigenvalue weighted by molar-refractivity contribution is -0.141. The summed E-state index contributed by atoms with van der Waals surface area (Å²) in [5.74, 6) is -0.428. The summed E-state index contributed by atoms with van der Waals surface area (Å²) in [4.78, 5) is 38.1. The van der Waals surface area contributed by atoms with Crippen molar-refractivity contribution in [3.05, 3.63) is 37.3 Å². The lowest BCUT2D eigenvalue weighted by atomic mass is 10.1. The highest BCUT2D eigenvalue weighted by atomic mass is 79.9. The van der Waals surface area contributed by atoms with Gasteiger partial charge < -0.3 is 15.0 Å². The van der Waals surface area contributed by atoms with Crippen LogP contribution in [0.15, 0.2) is 26.2 Å². The second-order valence-corrected chi connectivity index (χ2v) is 5.71. The summed E-state index contributed by atoms with van der Waals surface area (Å²) in [5, 5.41) is 3.17. The van der Waals surface area contributed by atoms with Crippen LogP contribution in [0.5, 0.6) is 0 Å². The number of benzene rings is 1. The second kappa shape index (κ2) is 5.03. The third kappa shape index (κ3) is 2.25. The highest BCUT2D eigenvalue weighted by Gasteiger charge is 2.26. The number of halogens is 1. The Balaban J connectivity index is 2.30. The first-order chi connectivity index (χ1) is 10.0. The molecule has 2 heterocycles. The van der Waals surface area contributed by atoms with E-state index in [1.807, 2.05) is 6.07 Å². The number of ether oxygens (including phenoxy) is 1. The van der Waals surface area contributed by atoms with Gasteiger partial charge in [-0.25, -0.2) is 0 Å². The summed E-state index contributed by atoms with van der Waals surface area (Å²) in [6.45, 7) is 0.372. The van der Waals surface area contributed by atoms with Crippen LogP contribution in [0.3, 0.4) is 0 Å². The molecule has 0 bridgehead atoms. The number of anilines is 1. The van der Waals surface area contributed by atoms with Crippen molar-refractivity contribution < 1.29 is 9.53 Å². The molecule has 0 radical (unpaired) electrons. The predicted molar refractivity (Wildman–Crippen MR) is 80.7 cm³/mol. The molecule has 2 aromatic rings. The molecule has 21 heavy (non-hydrogen) atoms. The number of aromatic nitrogens is 2. The van der Waals surface area contributed by atoms with Crippen LogP contribution in [-0.4, -0.2) is 29.2 Å². The van der Waals surface area contributed by atoms with E-state index in [0.29, 0.717) is 17.6 Å². The number of carbonyl (C=O) groups is 1. The van der Waals surface area contributed by atoms with Crippen molar-refractivity contribution in [2.45, 2.75) is 12.5 Å². The van der Waals surface area contributed by atoms with E-state index < -0.39 is 23.1 Å². The topological polar surface area (TPSA) is 93.2 Å². The molecule has 7 nitrogen and oxygen atoms in total. The van der Waals surface area contributed by atoms with E-state index in [1.165, 1.54) is 11.7 Å². The number of H-pyrrole nitrogens is 1. The van der Waals surface area contributed by atoms with Crippen LogP contribution >= 0.6 is 15.9 Å². The molecular formula is C13H12BrN3O4. The van der Waals surface area contributed by atoms with Crippen LogP contribution in [0.25, 0.3) is 11.0 Å². The van der Waals surface area contributed by atoms with Crippen molar-refractivity contribution in [3.63, 3.8) is 0 Å². The fourth-order valence-electron chi connectivity index (χ4n) is 2.58. The average molecular weight is 354 g/mol. The number of esters is 1. The molecule has 0 saturated carbocycles. The molecule has 0 aliphatic carbocycles. The number of rotatable bonds is 2. The quantitative estimate of drug-likeness (QED) is 0.620. The summed E-state index contributed by atoms with van der Waals surface area (Å²) in [7, 11) is 1.29. The van der Waals surface area contributed by atoms with Gasteiger partial charge in [0.25, 0.3) is 0 Å². The van der Waals surface area contributed by atoms with E-state index in [1.54, 1.807) is 6.07 Å². The van der Waals surface area contributed by atoms with Crippen molar-refractivity contribution in [2.75, 3.05) is 19.0 Å². The zero-order chi connectivity index (χ0) is 15.1. The number of carbonyl (C=O) groups excluding carboxylic acids is 1. The van der Waals surface area contributed by atoms with Gasteiger partial charge >= 0.3 is 17.1 Å². The average Bonchev–Trinajstić information content (AvgIpc) is 2.45. The minimum atomic E-state index is -0.705. The summed E-state index contributed by atoms with van der Waals surface area (Å²) in [5.41, 5.74) is 0.479. The molecule has 110 valence electrons. The van der Waals surface area contributed by atoms with Crippen molar-refractivity contribution in [2.24, 2.45) is 0 Å². The maximum atomic E-state index is 12.2. The third-order valence-corrected chi connectivity index (χ3v) is 3.96. The fraction of sp³-hybridized carbons (Fsp3) is 0.308. The van der Waals surface area contributed by atoms with Gasteiger partial charge in [-0.1, -0.05) is 15.9 Å². The number of nitrogens with zero attached hydrogens (tertiary/aromatic N) is 1. The van der Waals surface area contributed by atoms with Crippen LogP contribution in [0.2, 0.25) is 0 Å². The normalized spacial score (nSPS) is 16.6. The molecule has 0 saturated heterocycles. The monoisotopic (exact) mass is 353 g/mol. The molecule has 0 spiro atoms. The van der Waals surface area contributed by atoms with Gasteiger partial charge in [-0.05, 0) is 12.1 Å². The molecule has 2 N–H and O–H groups in total. The van der Waals surface area contributed by atoms with Gasteiger partial charge in [-0.15, -0.1) is 0 Å². The van der Waals surface area contributed by atoms with Crippen LogP contribution in [0, 0.1) is 0 Å². The lowest BCUT2D eigenvalue weighted by Gasteiger charge is -2.28. The number of hydrogen-bond donors (Lipinski definition) is 2. The zero-order valence-corrected chi connectivity index (χ0v) is 12.7. The standard InChI is InChI=1S/C13H12BrN3O4/c1-21-10(18)4-7-5-15-8-2-6(14)3-9-11(8)17(7)13(20)12(19)16-9/h2-3,7,15H,4-5H2,1H3,(H,16,19). The van der Waals surface area contributed by atoms with Gasteiger partial charge in [-0.3, -0.25) is 19.0 Å². The summed E-state index contributed by atoms with van der Waals surface area (Å²) < 4.78 is 6.81. The number of aromatic amines is 1. The molecular weight excluding hydrogens is 342 g/mol. The molecule has 1 aromatic heterocycles. The summed E-state index contributed by atoms with van der Waals surface area (Å²) >= 11 is 3.36. The Morgan fingerprint density at radius 3 is 2.95 bits per heavy atom. The number of hydrogen-bond acceptors (Lipinski definition) is 5. The first-order valence-electron chi connectivity index (χ1n) is 6.30. The van der Waals surface area contributed by atoms with E-state index >= 15 is 0 Å².